The monoisotopic (exact) mass is 404 g/mol. The number of carbonyl (C=O) groups excluding carboxylic acids is 4. The number of rotatable bonds is 7. The largest absolute Gasteiger partial charge is 0.452 e. The normalized spacial score (nSPS) is 22.6. The van der Waals surface area contributed by atoms with Gasteiger partial charge in [0.2, 0.25) is 11.8 Å². The highest BCUT2D eigenvalue weighted by molar-refractivity contribution is 6.05. The first-order valence-corrected chi connectivity index (χ1v) is 10.2. The van der Waals surface area contributed by atoms with Crippen LogP contribution in [-0.2, 0) is 23.9 Å². The molecule has 1 aliphatic carbocycles. The van der Waals surface area contributed by atoms with Crippen molar-refractivity contribution in [2.45, 2.75) is 65.0 Å². The number of ether oxygens (including phenoxy) is 1. The van der Waals surface area contributed by atoms with E-state index < -0.39 is 18.0 Å². The number of nitrogens with zero attached hydrogens (tertiary/aromatic N) is 3. The number of carbonyl (C=O) groups is 4. The highest BCUT2D eigenvalue weighted by atomic mass is 16.5. The quantitative estimate of drug-likeness (QED) is 0.549. The highest BCUT2D eigenvalue weighted by Gasteiger charge is 2.47. The van der Waals surface area contributed by atoms with Crippen LogP contribution in [-0.4, -0.2) is 51.0 Å². The summed E-state index contributed by atoms with van der Waals surface area (Å²) < 4.78 is 6.83. The number of esters is 1. The van der Waals surface area contributed by atoms with Crippen LogP contribution in [0.5, 0.6) is 0 Å². The van der Waals surface area contributed by atoms with E-state index in [1.54, 1.807) is 16.9 Å². The lowest BCUT2D eigenvalue weighted by Gasteiger charge is -2.19. The molecule has 0 spiro atoms. The Balaban J connectivity index is 1.49. The van der Waals surface area contributed by atoms with E-state index in [9.17, 15) is 19.2 Å². The Labute approximate surface area is 169 Å². The second-order valence-electron chi connectivity index (χ2n) is 7.95. The van der Waals surface area contributed by atoms with Gasteiger partial charge >= 0.3 is 5.97 Å². The van der Waals surface area contributed by atoms with Gasteiger partial charge in [0, 0.05) is 18.7 Å². The Bertz CT molecular complexity index is 779. The molecule has 29 heavy (non-hydrogen) atoms. The first kappa shape index (κ1) is 21.0. The third kappa shape index (κ3) is 4.49. The lowest BCUT2D eigenvalue weighted by molar-refractivity contribution is -0.154. The van der Waals surface area contributed by atoms with Gasteiger partial charge in [-0.25, -0.2) is 4.68 Å². The smallest absolute Gasteiger partial charge is 0.308 e. The molecular formula is C20H28N4O5. The van der Waals surface area contributed by atoms with Gasteiger partial charge in [0.05, 0.1) is 24.5 Å². The van der Waals surface area contributed by atoms with Crippen LogP contribution < -0.4 is 5.32 Å². The second kappa shape index (κ2) is 8.75. The minimum Gasteiger partial charge on any atom is -0.452 e. The summed E-state index contributed by atoms with van der Waals surface area (Å²) in [7, 11) is 0. The van der Waals surface area contributed by atoms with Crippen LogP contribution in [0, 0.1) is 11.8 Å². The van der Waals surface area contributed by atoms with E-state index in [0.717, 1.165) is 25.7 Å². The standard InChI is InChI=1S/C20H28N4O5/c1-12(2)24-16(8-10-21-24)22-18(26)13(3)29-17(25)9-11-23-19(27)14-6-4-5-7-15(14)20(23)28/h8,10,12-15H,4-7,9,11H2,1-3H3,(H,22,26)/t13-,14-,15+/m1/s1. The van der Waals surface area contributed by atoms with Crippen LogP contribution in [0.15, 0.2) is 12.3 Å². The fourth-order valence-electron chi connectivity index (χ4n) is 4.02. The Morgan fingerprint density at radius 3 is 2.38 bits per heavy atom. The van der Waals surface area contributed by atoms with Crippen molar-refractivity contribution in [2.24, 2.45) is 11.8 Å². The Hall–Kier alpha value is -2.71. The summed E-state index contributed by atoms with van der Waals surface area (Å²) in [6.07, 6.45) is 3.83. The number of fused-ring (bicyclic) bond motifs is 1. The zero-order valence-electron chi connectivity index (χ0n) is 17.1. The van der Waals surface area contributed by atoms with Crippen LogP contribution in [0.3, 0.4) is 0 Å². The molecule has 9 nitrogen and oxygen atoms in total. The van der Waals surface area contributed by atoms with Crippen LogP contribution in [0.25, 0.3) is 0 Å². The summed E-state index contributed by atoms with van der Waals surface area (Å²) in [6, 6.07) is 1.73. The topological polar surface area (TPSA) is 111 Å². The van der Waals surface area contributed by atoms with E-state index in [1.807, 2.05) is 13.8 Å². The van der Waals surface area contributed by atoms with Gasteiger partial charge < -0.3 is 10.1 Å². The molecule has 3 amide bonds. The molecule has 1 saturated carbocycles. The summed E-state index contributed by atoms with van der Waals surface area (Å²) in [4.78, 5) is 50.5. The van der Waals surface area contributed by atoms with Crippen LogP contribution in [0.1, 0.15) is 58.9 Å². The molecule has 3 rings (SSSR count). The first-order valence-electron chi connectivity index (χ1n) is 10.2. The fraction of sp³-hybridized carbons (Fsp3) is 0.650. The van der Waals surface area contributed by atoms with E-state index >= 15 is 0 Å². The maximum Gasteiger partial charge on any atom is 0.308 e. The SMILES string of the molecule is CC(C)n1nccc1NC(=O)[C@@H](C)OC(=O)CCN1C(=O)[C@H]2CCCC[C@H]2C1=O. The number of likely N-dealkylation sites (tertiary alicyclic amines) is 1. The molecule has 2 fully saturated rings. The Morgan fingerprint density at radius 2 is 1.79 bits per heavy atom. The lowest BCUT2D eigenvalue weighted by Crippen LogP contribution is -2.35. The minimum atomic E-state index is -1.01. The predicted molar refractivity (Wildman–Crippen MR) is 104 cm³/mol. The number of nitrogens with one attached hydrogen (secondary N) is 1. The number of hydrogen-bond acceptors (Lipinski definition) is 6. The molecule has 1 aromatic rings. The first-order chi connectivity index (χ1) is 13.8. The van der Waals surface area contributed by atoms with Gasteiger partial charge in [-0.3, -0.25) is 24.1 Å². The van der Waals surface area contributed by atoms with Crippen molar-refractivity contribution in [1.82, 2.24) is 14.7 Å². The molecule has 1 N–H and O–H groups in total. The number of aromatic nitrogens is 2. The average molecular weight is 404 g/mol. The highest BCUT2D eigenvalue weighted by Crippen LogP contribution is 2.37. The predicted octanol–water partition coefficient (Wildman–Crippen LogP) is 1.90. The minimum absolute atomic E-state index is 0.00202. The van der Waals surface area contributed by atoms with E-state index in [1.165, 1.54) is 11.8 Å². The van der Waals surface area contributed by atoms with Crippen LogP contribution >= 0.6 is 0 Å². The third-order valence-electron chi connectivity index (χ3n) is 5.56. The molecule has 3 atom stereocenters. The van der Waals surface area contributed by atoms with Crippen molar-refractivity contribution < 1.29 is 23.9 Å². The van der Waals surface area contributed by atoms with Crippen molar-refractivity contribution >= 4 is 29.5 Å². The van der Waals surface area contributed by atoms with E-state index in [2.05, 4.69) is 10.4 Å². The van der Waals surface area contributed by atoms with Crippen LogP contribution in [0.2, 0.25) is 0 Å². The summed E-state index contributed by atoms with van der Waals surface area (Å²) in [6.45, 7) is 5.34. The molecule has 0 bridgehead atoms. The molecule has 158 valence electrons. The van der Waals surface area contributed by atoms with Gasteiger partial charge in [0.1, 0.15) is 5.82 Å². The van der Waals surface area contributed by atoms with Crippen LogP contribution in [0.4, 0.5) is 5.82 Å². The van der Waals surface area contributed by atoms with Gasteiger partial charge in [-0.2, -0.15) is 5.10 Å². The molecule has 0 aromatic carbocycles. The number of anilines is 1. The maximum absolute atomic E-state index is 12.4. The summed E-state index contributed by atoms with van der Waals surface area (Å²) >= 11 is 0. The van der Waals surface area contributed by atoms with Crippen molar-refractivity contribution in [3.05, 3.63) is 12.3 Å². The van der Waals surface area contributed by atoms with Gasteiger partial charge in [0.15, 0.2) is 6.10 Å². The van der Waals surface area contributed by atoms with E-state index in [4.69, 9.17) is 4.74 Å². The number of hydrogen-bond donors (Lipinski definition) is 1. The van der Waals surface area contributed by atoms with Crippen molar-refractivity contribution in [1.29, 1.82) is 0 Å². The molecule has 0 unspecified atom stereocenters. The third-order valence-corrected chi connectivity index (χ3v) is 5.56. The maximum atomic E-state index is 12.4. The molecule has 1 aromatic heterocycles. The molecule has 0 radical (unpaired) electrons. The van der Waals surface area contributed by atoms with Gasteiger partial charge in [-0.15, -0.1) is 0 Å². The van der Waals surface area contributed by atoms with Crippen molar-refractivity contribution in [3.8, 4) is 0 Å². The molecular weight excluding hydrogens is 376 g/mol. The van der Waals surface area contributed by atoms with Crippen molar-refractivity contribution in [2.75, 3.05) is 11.9 Å². The van der Waals surface area contributed by atoms with E-state index in [-0.39, 0.29) is 42.7 Å². The number of amides is 3. The summed E-state index contributed by atoms with van der Waals surface area (Å²) in [5.74, 6) is -1.41. The fourth-order valence-corrected chi connectivity index (χ4v) is 4.02. The van der Waals surface area contributed by atoms with Gasteiger partial charge in [-0.05, 0) is 33.6 Å². The van der Waals surface area contributed by atoms with Gasteiger partial charge in [-0.1, -0.05) is 12.8 Å². The molecule has 2 aliphatic rings. The Kier molecular flexibility index (Phi) is 6.34. The molecule has 2 heterocycles. The molecule has 1 saturated heterocycles. The zero-order valence-corrected chi connectivity index (χ0v) is 17.1. The lowest BCUT2D eigenvalue weighted by atomic mass is 9.81. The van der Waals surface area contributed by atoms with Crippen molar-refractivity contribution in [3.63, 3.8) is 0 Å². The summed E-state index contributed by atoms with van der Waals surface area (Å²) in [5, 5.41) is 6.82. The zero-order chi connectivity index (χ0) is 21.1. The van der Waals surface area contributed by atoms with E-state index in [0.29, 0.717) is 5.82 Å². The van der Waals surface area contributed by atoms with Gasteiger partial charge in [0.25, 0.3) is 5.91 Å². The second-order valence-corrected chi connectivity index (χ2v) is 7.95. The Morgan fingerprint density at radius 1 is 1.17 bits per heavy atom. The number of imide groups is 1. The average Bonchev–Trinajstić information content (AvgIpc) is 3.24. The molecule has 1 aliphatic heterocycles. The molecule has 9 heteroatoms. The summed E-state index contributed by atoms with van der Waals surface area (Å²) in [5.41, 5.74) is 0.